The SMILES string of the molecule is c1cc(CNCc2ccc3c(c2)OCCCO3)c2c(c1)OCCO2. The van der Waals surface area contributed by atoms with E-state index in [1.807, 2.05) is 24.3 Å². The van der Waals surface area contributed by atoms with E-state index in [0.717, 1.165) is 48.1 Å². The van der Waals surface area contributed by atoms with Crippen molar-refractivity contribution in [3.8, 4) is 23.0 Å². The molecule has 4 rings (SSSR count). The molecule has 0 saturated heterocycles. The summed E-state index contributed by atoms with van der Waals surface area (Å²) in [6.07, 6.45) is 0.920. The van der Waals surface area contributed by atoms with E-state index >= 15 is 0 Å². The highest BCUT2D eigenvalue weighted by molar-refractivity contribution is 5.47. The van der Waals surface area contributed by atoms with Crippen LogP contribution in [0.1, 0.15) is 17.5 Å². The minimum Gasteiger partial charge on any atom is -0.490 e. The first-order chi connectivity index (χ1) is 11.9. The van der Waals surface area contributed by atoms with Gasteiger partial charge in [0.15, 0.2) is 23.0 Å². The molecule has 0 fully saturated rings. The van der Waals surface area contributed by atoms with Crippen LogP contribution in [-0.2, 0) is 13.1 Å². The van der Waals surface area contributed by atoms with E-state index in [1.54, 1.807) is 0 Å². The third-order valence-corrected chi connectivity index (χ3v) is 4.10. The Morgan fingerprint density at radius 2 is 1.58 bits per heavy atom. The first kappa shape index (κ1) is 15.1. The molecule has 2 aromatic carbocycles. The minimum atomic E-state index is 0.603. The van der Waals surface area contributed by atoms with E-state index in [1.165, 1.54) is 5.56 Å². The first-order valence-electron chi connectivity index (χ1n) is 8.37. The molecule has 0 bridgehead atoms. The lowest BCUT2D eigenvalue weighted by Gasteiger charge is -2.21. The maximum atomic E-state index is 5.74. The van der Waals surface area contributed by atoms with Gasteiger partial charge in [0, 0.05) is 25.1 Å². The molecule has 0 aromatic heterocycles. The molecule has 0 atom stereocenters. The number of benzene rings is 2. The highest BCUT2D eigenvalue weighted by Crippen LogP contribution is 2.34. The zero-order chi connectivity index (χ0) is 16.2. The van der Waals surface area contributed by atoms with Crippen molar-refractivity contribution in [2.75, 3.05) is 26.4 Å². The molecule has 2 aromatic rings. The zero-order valence-corrected chi connectivity index (χ0v) is 13.5. The van der Waals surface area contributed by atoms with Gasteiger partial charge in [0.05, 0.1) is 13.2 Å². The van der Waals surface area contributed by atoms with Gasteiger partial charge < -0.3 is 24.3 Å². The Morgan fingerprint density at radius 3 is 2.54 bits per heavy atom. The van der Waals surface area contributed by atoms with Crippen molar-refractivity contribution in [3.05, 3.63) is 47.5 Å². The van der Waals surface area contributed by atoms with E-state index in [4.69, 9.17) is 18.9 Å². The van der Waals surface area contributed by atoms with Gasteiger partial charge in [0.2, 0.25) is 0 Å². The number of fused-ring (bicyclic) bond motifs is 2. The van der Waals surface area contributed by atoms with Gasteiger partial charge in [-0.15, -0.1) is 0 Å². The Balaban J connectivity index is 1.40. The molecule has 0 saturated carbocycles. The van der Waals surface area contributed by atoms with Crippen molar-refractivity contribution in [1.82, 2.24) is 5.32 Å². The molecule has 0 aliphatic carbocycles. The molecular formula is C19H21NO4. The van der Waals surface area contributed by atoms with Gasteiger partial charge in [-0.1, -0.05) is 18.2 Å². The Morgan fingerprint density at radius 1 is 0.750 bits per heavy atom. The first-order valence-corrected chi connectivity index (χ1v) is 8.37. The summed E-state index contributed by atoms with van der Waals surface area (Å²) in [6, 6.07) is 12.1. The van der Waals surface area contributed by atoms with Gasteiger partial charge >= 0.3 is 0 Å². The van der Waals surface area contributed by atoms with Gasteiger partial charge in [-0.25, -0.2) is 0 Å². The van der Waals surface area contributed by atoms with Crippen LogP contribution in [0.15, 0.2) is 36.4 Å². The van der Waals surface area contributed by atoms with Crippen molar-refractivity contribution in [2.24, 2.45) is 0 Å². The van der Waals surface area contributed by atoms with Crippen LogP contribution < -0.4 is 24.3 Å². The quantitative estimate of drug-likeness (QED) is 0.936. The maximum Gasteiger partial charge on any atom is 0.165 e. The molecule has 0 radical (unpaired) electrons. The second-order valence-corrected chi connectivity index (χ2v) is 5.88. The van der Waals surface area contributed by atoms with Crippen molar-refractivity contribution < 1.29 is 18.9 Å². The molecule has 0 spiro atoms. The molecule has 2 aliphatic rings. The van der Waals surface area contributed by atoms with Gasteiger partial charge in [0.25, 0.3) is 0 Å². The van der Waals surface area contributed by atoms with Crippen LogP contribution in [0, 0.1) is 0 Å². The summed E-state index contributed by atoms with van der Waals surface area (Å²) in [7, 11) is 0. The van der Waals surface area contributed by atoms with E-state index in [9.17, 15) is 0 Å². The maximum absolute atomic E-state index is 5.74. The lowest BCUT2D eigenvalue weighted by molar-refractivity contribution is 0.169. The van der Waals surface area contributed by atoms with Gasteiger partial charge in [-0.3, -0.25) is 0 Å². The van der Waals surface area contributed by atoms with Crippen LogP contribution in [0.4, 0.5) is 0 Å². The van der Waals surface area contributed by atoms with Gasteiger partial charge in [-0.05, 0) is 23.8 Å². The third kappa shape index (κ3) is 3.26. The van der Waals surface area contributed by atoms with Crippen LogP contribution in [0.25, 0.3) is 0 Å². The minimum absolute atomic E-state index is 0.603. The number of ether oxygens (including phenoxy) is 4. The smallest absolute Gasteiger partial charge is 0.165 e. The predicted molar refractivity (Wildman–Crippen MR) is 90.0 cm³/mol. The fourth-order valence-electron chi connectivity index (χ4n) is 2.93. The van der Waals surface area contributed by atoms with E-state index in [-0.39, 0.29) is 0 Å². The highest BCUT2D eigenvalue weighted by atomic mass is 16.6. The fourth-order valence-corrected chi connectivity index (χ4v) is 2.93. The summed E-state index contributed by atoms with van der Waals surface area (Å²) >= 11 is 0. The second-order valence-electron chi connectivity index (χ2n) is 5.88. The summed E-state index contributed by atoms with van der Waals surface area (Å²) in [5, 5.41) is 3.46. The van der Waals surface area contributed by atoms with Crippen LogP contribution in [-0.4, -0.2) is 26.4 Å². The molecular weight excluding hydrogens is 306 g/mol. The lowest BCUT2D eigenvalue weighted by Crippen LogP contribution is -2.19. The Kier molecular flexibility index (Phi) is 4.42. The topological polar surface area (TPSA) is 49.0 Å². The van der Waals surface area contributed by atoms with E-state index in [0.29, 0.717) is 26.4 Å². The van der Waals surface area contributed by atoms with Crippen LogP contribution in [0.3, 0.4) is 0 Å². The largest absolute Gasteiger partial charge is 0.490 e. The monoisotopic (exact) mass is 327 g/mol. The summed E-state index contributed by atoms with van der Waals surface area (Å²) in [4.78, 5) is 0. The zero-order valence-electron chi connectivity index (χ0n) is 13.5. The highest BCUT2D eigenvalue weighted by Gasteiger charge is 2.15. The average Bonchev–Trinajstić information content (AvgIpc) is 2.87. The van der Waals surface area contributed by atoms with E-state index < -0.39 is 0 Å². The summed E-state index contributed by atoms with van der Waals surface area (Å²) in [5.41, 5.74) is 2.28. The summed E-state index contributed by atoms with van der Waals surface area (Å²) in [5.74, 6) is 3.35. The number of nitrogens with one attached hydrogen (secondary N) is 1. The molecule has 1 N–H and O–H groups in total. The van der Waals surface area contributed by atoms with Crippen molar-refractivity contribution in [3.63, 3.8) is 0 Å². The normalized spacial score (nSPS) is 15.7. The standard InChI is InChI=1S/C19H21NO4/c1-3-15(19-17(4-1)23-9-10-24-19)13-20-12-14-5-6-16-18(11-14)22-8-2-7-21-16/h1,3-6,11,20H,2,7-10,12-13H2. The van der Waals surface area contributed by atoms with Crippen molar-refractivity contribution in [1.29, 1.82) is 0 Å². The van der Waals surface area contributed by atoms with Gasteiger partial charge in [0.1, 0.15) is 13.2 Å². The predicted octanol–water partition coefficient (Wildman–Crippen LogP) is 2.91. The summed E-state index contributed by atoms with van der Waals surface area (Å²) in [6.45, 7) is 4.11. The number of hydrogen-bond acceptors (Lipinski definition) is 5. The van der Waals surface area contributed by atoms with Crippen LogP contribution in [0.2, 0.25) is 0 Å². The number of rotatable bonds is 4. The molecule has 5 heteroatoms. The Labute approximate surface area is 141 Å². The molecule has 0 amide bonds. The number of para-hydroxylation sites is 1. The third-order valence-electron chi connectivity index (χ3n) is 4.10. The van der Waals surface area contributed by atoms with Crippen LogP contribution in [0.5, 0.6) is 23.0 Å². The van der Waals surface area contributed by atoms with E-state index in [2.05, 4.69) is 17.4 Å². The Hall–Kier alpha value is -2.40. The summed E-state index contributed by atoms with van der Waals surface area (Å²) < 4.78 is 22.8. The Bertz CT molecular complexity index is 717. The molecule has 24 heavy (non-hydrogen) atoms. The fraction of sp³-hybridized carbons (Fsp3) is 0.368. The second kappa shape index (κ2) is 7.01. The molecule has 0 unspecified atom stereocenters. The average molecular weight is 327 g/mol. The lowest BCUT2D eigenvalue weighted by atomic mass is 10.1. The van der Waals surface area contributed by atoms with Crippen molar-refractivity contribution in [2.45, 2.75) is 19.5 Å². The van der Waals surface area contributed by atoms with Crippen molar-refractivity contribution >= 4 is 0 Å². The molecule has 2 aliphatic heterocycles. The van der Waals surface area contributed by atoms with Crippen LogP contribution >= 0.6 is 0 Å². The number of hydrogen-bond donors (Lipinski definition) is 1. The molecule has 2 heterocycles. The molecule has 5 nitrogen and oxygen atoms in total. The molecule has 126 valence electrons. The van der Waals surface area contributed by atoms with Gasteiger partial charge in [-0.2, -0.15) is 0 Å².